The summed E-state index contributed by atoms with van der Waals surface area (Å²) in [5.74, 6) is 1.22. The van der Waals surface area contributed by atoms with Gasteiger partial charge in [-0.3, -0.25) is 4.79 Å². The first-order valence-electron chi connectivity index (χ1n) is 12.0. The Kier molecular flexibility index (Phi) is 8.15. The number of hydrogen-bond acceptors (Lipinski definition) is 7. The van der Waals surface area contributed by atoms with E-state index in [-0.39, 0.29) is 17.4 Å². The number of rotatable bonds is 8. The number of hydrogen-bond donors (Lipinski definition) is 0. The summed E-state index contributed by atoms with van der Waals surface area (Å²) in [7, 11) is -2.01. The lowest BCUT2D eigenvalue weighted by atomic mass is 10.2. The van der Waals surface area contributed by atoms with Gasteiger partial charge in [0, 0.05) is 52.4 Å². The topological polar surface area (TPSA) is 82.6 Å². The number of ether oxygens (including phenoxy) is 2. The van der Waals surface area contributed by atoms with Crippen LogP contribution in [0.2, 0.25) is 0 Å². The molecule has 2 heterocycles. The summed E-state index contributed by atoms with van der Waals surface area (Å²) < 4.78 is 39.4. The Morgan fingerprint density at radius 2 is 1.60 bits per heavy atom. The number of methoxy groups -OCH3 is 1. The maximum absolute atomic E-state index is 13.3. The fourth-order valence-electron chi connectivity index (χ4n) is 4.46. The number of carbonyl (C=O) groups excluding carboxylic acids is 1. The van der Waals surface area contributed by atoms with Gasteiger partial charge in [-0.25, -0.2) is 8.42 Å². The number of carbonyl (C=O) groups is 1. The van der Waals surface area contributed by atoms with Crippen LogP contribution in [0.15, 0.2) is 53.4 Å². The van der Waals surface area contributed by atoms with Crippen LogP contribution in [0.4, 0.5) is 5.69 Å². The van der Waals surface area contributed by atoms with Gasteiger partial charge in [0.1, 0.15) is 11.5 Å². The summed E-state index contributed by atoms with van der Waals surface area (Å²) in [6.45, 7) is 7.66. The molecule has 2 saturated heterocycles. The van der Waals surface area contributed by atoms with Crippen LogP contribution in [0.5, 0.6) is 11.5 Å². The Morgan fingerprint density at radius 3 is 2.23 bits per heavy atom. The molecule has 2 fully saturated rings. The Bertz CT molecular complexity index is 1100. The van der Waals surface area contributed by atoms with Gasteiger partial charge in [-0.05, 0) is 36.9 Å². The third kappa shape index (κ3) is 5.88. The highest BCUT2D eigenvalue weighted by molar-refractivity contribution is 7.89. The van der Waals surface area contributed by atoms with E-state index in [0.717, 1.165) is 25.3 Å². The fraction of sp³-hybridized carbons (Fsp3) is 0.480. The second-order valence-corrected chi connectivity index (χ2v) is 10.6. The van der Waals surface area contributed by atoms with Crippen LogP contribution in [0.3, 0.4) is 0 Å². The monoisotopic (exact) mass is 502 g/mol. The summed E-state index contributed by atoms with van der Waals surface area (Å²) in [4.78, 5) is 19.0. The first-order chi connectivity index (χ1) is 16.9. The average Bonchev–Trinajstić information content (AvgIpc) is 2.92. The number of piperazine rings is 2. The molecule has 2 aromatic rings. The second kappa shape index (κ2) is 11.3. The van der Waals surface area contributed by atoms with Gasteiger partial charge in [0.25, 0.3) is 5.91 Å². The lowest BCUT2D eigenvalue weighted by Gasteiger charge is -2.37. The maximum Gasteiger partial charge on any atom is 0.260 e. The molecule has 0 radical (unpaired) electrons. The van der Waals surface area contributed by atoms with Crippen LogP contribution < -0.4 is 14.4 Å². The molecule has 10 heteroatoms. The van der Waals surface area contributed by atoms with E-state index < -0.39 is 10.0 Å². The second-order valence-electron chi connectivity index (χ2n) is 8.64. The van der Waals surface area contributed by atoms with Gasteiger partial charge >= 0.3 is 0 Å². The molecule has 9 nitrogen and oxygen atoms in total. The van der Waals surface area contributed by atoms with E-state index in [1.165, 1.54) is 0 Å². The molecule has 0 aromatic heterocycles. The minimum Gasteiger partial charge on any atom is -0.495 e. The molecule has 2 aliphatic rings. The molecule has 1 amide bonds. The first-order valence-corrected chi connectivity index (χ1v) is 13.5. The van der Waals surface area contributed by atoms with Gasteiger partial charge < -0.3 is 24.2 Å². The molecular formula is C25H34N4O5S. The third-order valence-corrected chi connectivity index (χ3v) is 8.54. The van der Waals surface area contributed by atoms with Crippen molar-refractivity contribution in [3.8, 4) is 11.5 Å². The van der Waals surface area contributed by atoms with Gasteiger partial charge in [0.15, 0.2) is 6.61 Å². The van der Waals surface area contributed by atoms with Crippen molar-refractivity contribution in [1.29, 1.82) is 0 Å². The van der Waals surface area contributed by atoms with Gasteiger partial charge in [-0.2, -0.15) is 4.31 Å². The van der Waals surface area contributed by atoms with Gasteiger partial charge in [0.05, 0.1) is 17.7 Å². The van der Waals surface area contributed by atoms with Gasteiger partial charge in [-0.15, -0.1) is 0 Å². The minimum absolute atomic E-state index is 0.00758. The lowest BCUT2D eigenvalue weighted by Crippen LogP contribution is -2.50. The van der Waals surface area contributed by atoms with E-state index in [1.807, 2.05) is 30.3 Å². The molecule has 0 bridgehead atoms. The average molecular weight is 503 g/mol. The fourth-order valence-corrected chi connectivity index (χ4v) is 5.91. The molecule has 0 atom stereocenters. The van der Waals surface area contributed by atoms with Crippen LogP contribution in [0, 0.1) is 0 Å². The summed E-state index contributed by atoms with van der Waals surface area (Å²) in [5, 5.41) is 0. The summed E-state index contributed by atoms with van der Waals surface area (Å²) in [6.07, 6.45) is 0. The molecule has 0 N–H and O–H groups in total. The summed E-state index contributed by atoms with van der Waals surface area (Å²) in [6, 6.07) is 14.3. The zero-order valence-corrected chi connectivity index (χ0v) is 21.2. The number of sulfonamides is 1. The largest absolute Gasteiger partial charge is 0.495 e. The number of benzene rings is 2. The van der Waals surface area contributed by atoms with Crippen LogP contribution in [0.1, 0.15) is 6.92 Å². The Labute approximate surface area is 207 Å². The highest BCUT2D eigenvalue weighted by atomic mass is 32.2. The number of likely N-dealkylation sites (N-methyl/N-ethyl adjacent to an activating group) is 1. The molecule has 2 aliphatic heterocycles. The summed E-state index contributed by atoms with van der Waals surface area (Å²) >= 11 is 0. The lowest BCUT2D eigenvalue weighted by molar-refractivity contribution is -0.133. The van der Waals surface area contributed by atoms with Crippen molar-refractivity contribution in [3.63, 3.8) is 0 Å². The smallest absolute Gasteiger partial charge is 0.260 e. The van der Waals surface area contributed by atoms with Gasteiger partial charge in [-0.1, -0.05) is 25.1 Å². The van der Waals surface area contributed by atoms with Crippen molar-refractivity contribution < 1.29 is 22.7 Å². The van der Waals surface area contributed by atoms with Crippen molar-refractivity contribution in [1.82, 2.24) is 14.1 Å². The number of nitrogens with zero attached hydrogens (tertiary/aromatic N) is 4. The predicted molar refractivity (Wildman–Crippen MR) is 135 cm³/mol. The number of anilines is 1. The van der Waals surface area contributed by atoms with E-state index in [2.05, 4.69) is 16.7 Å². The van der Waals surface area contributed by atoms with Crippen molar-refractivity contribution in [2.45, 2.75) is 11.8 Å². The quantitative estimate of drug-likeness (QED) is 0.544. The van der Waals surface area contributed by atoms with Gasteiger partial charge in [0.2, 0.25) is 10.0 Å². The van der Waals surface area contributed by atoms with E-state index >= 15 is 0 Å². The molecule has 4 rings (SSSR count). The van der Waals surface area contributed by atoms with Crippen molar-refractivity contribution in [3.05, 3.63) is 48.5 Å². The van der Waals surface area contributed by atoms with E-state index in [1.54, 1.807) is 34.5 Å². The molecule has 0 unspecified atom stereocenters. The Morgan fingerprint density at radius 1 is 0.914 bits per heavy atom. The standard InChI is InChI=1S/C25H34N4O5S/c1-3-26-11-17-29(18-12-26)35(31,32)22-9-10-24(33-2)23(19-22)27-13-15-28(16-14-27)25(30)20-34-21-7-5-4-6-8-21/h4-10,19H,3,11-18,20H2,1-2H3. The van der Waals surface area contributed by atoms with Crippen LogP contribution in [0.25, 0.3) is 0 Å². The predicted octanol–water partition coefficient (Wildman–Crippen LogP) is 1.75. The zero-order valence-electron chi connectivity index (χ0n) is 20.4. The number of amides is 1. The van der Waals surface area contributed by atoms with E-state index in [9.17, 15) is 13.2 Å². The molecule has 0 spiro atoms. The molecule has 35 heavy (non-hydrogen) atoms. The Hall–Kier alpha value is -2.82. The van der Waals surface area contributed by atoms with Crippen molar-refractivity contribution in [2.75, 3.05) is 77.5 Å². The first kappa shape index (κ1) is 25.3. The SMILES string of the molecule is CCN1CCN(S(=O)(=O)c2ccc(OC)c(N3CCN(C(=O)COc4ccccc4)CC3)c2)CC1. The molecule has 2 aromatic carbocycles. The normalized spacial score (nSPS) is 17.9. The van der Waals surface area contributed by atoms with E-state index in [0.29, 0.717) is 50.8 Å². The molecule has 0 saturated carbocycles. The minimum atomic E-state index is -3.59. The molecule has 0 aliphatic carbocycles. The Balaban J connectivity index is 1.41. The highest BCUT2D eigenvalue weighted by Crippen LogP contribution is 2.33. The van der Waals surface area contributed by atoms with Crippen LogP contribution >= 0.6 is 0 Å². The van der Waals surface area contributed by atoms with Crippen LogP contribution in [-0.4, -0.2) is 101 Å². The summed E-state index contributed by atoms with van der Waals surface area (Å²) in [5.41, 5.74) is 0.730. The third-order valence-electron chi connectivity index (χ3n) is 6.65. The maximum atomic E-state index is 13.3. The molecular weight excluding hydrogens is 468 g/mol. The van der Waals surface area contributed by atoms with Crippen molar-refractivity contribution in [2.24, 2.45) is 0 Å². The van der Waals surface area contributed by atoms with Crippen LogP contribution in [-0.2, 0) is 14.8 Å². The number of para-hydroxylation sites is 1. The zero-order chi connectivity index (χ0) is 24.8. The highest BCUT2D eigenvalue weighted by Gasteiger charge is 2.30. The molecule has 190 valence electrons. The van der Waals surface area contributed by atoms with E-state index in [4.69, 9.17) is 9.47 Å². The van der Waals surface area contributed by atoms with Crippen molar-refractivity contribution >= 4 is 21.6 Å².